The number of anilines is 1. The summed E-state index contributed by atoms with van der Waals surface area (Å²) in [7, 11) is 1.24. The summed E-state index contributed by atoms with van der Waals surface area (Å²) in [4.78, 5) is 11.9. The number of halogens is 3. The molecule has 1 N–H and O–H groups in total. The molecule has 1 atom stereocenters. The van der Waals surface area contributed by atoms with Gasteiger partial charge in [-0.2, -0.15) is 0 Å². The van der Waals surface area contributed by atoms with E-state index in [1.54, 1.807) is 0 Å². The molecule has 2 rings (SSSR count). The van der Waals surface area contributed by atoms with E-state index in [-0.39, 0.29) is 5.82 Å². The van der Waals surface area contributed by atoms with E-state index in [1.165, 1.54) is 49.6 Å². The summed E-state index contributed by atoms with van der Waals surface area (Å²) < 4.78 is 31.6. The fourth-order valence-corrected chi connectivity index (χ4v) is 2.31. The van der Waals surface area contributed by atoms with Crippen LogP contribution in [-0.4, -0.2) is 13.1 Å². The van der Waals surface area contributed by atoms with Gasteiger partial charge in [0.25, 0.3) is 0 Å². The molecule has 2 aromatic rings. The number of rotatable bonds is 4. The van der Waals surface area contributed by atoms with Crippen molar-refractivity contribution in [2.75, 3.05) is 12.4 Å². The van der Waals surface area contributed by atoms with Crippen LogP contribution >= 0.6 is 15.9 Å². The highest BCUT2D eigenvalue weighted by Crippen LogP contribution is 2.28. The molecule has 0 aliphatic rings. The van der Waals surface area contributed by atoms with Gasteiger partial charge in [-0.25, -0.2) is 13.6 Å². The molecule has 0 aliphatic carbocycles. The van der Waals surface area contributed by atoms with Crippen LogP contribution in [0.5, 0.6) is 0 Å². The van der Waals surface area contributed by atoms with Crippen molar-refractivity contribution in [3.05, 3.63) is 64.1 Å². The van der Waals surface area contributed by atoms with Gasteiger partial charge in [-0.1, -0.05) is 15.9 Å². The first-order valence-electron chi connectivity index (χ1n) is 6.06. The van der Waals surface area contributed by atoms with Gasteiger partial charge in [0.2, 0.25) is 0 Å². The van der Waals surface area contributed by atoms with Gasteiger partial charge in [-0.3, -0.25) is 0 Å². The van der Waals surface area contributed by atoms with Crippen LogP contribution in [0.1, 0.15) is 11.6 Å². The smallest absolute Gasteiger partial charge is 0.333 e. The van der Waals surface area contributed by atoms with Gasteiger partial charge in [0.1, 0.15) is 11.6 Å². The molecule has 21 heavy (non-hydrogen) atoms. The molecule has 0 saturated heterocycles. The monoisotopic (exact) mass is 355 g/mol. The first-order chi connectivity index (χ1) is 10.0. The van der Waals surface area contributed by atoms with Crippen LogP contribution in [-0.2, 0) is 9.53 Å². The van der Waals surface area contributed by atoms with E-state index in [1.807, 2.05) is 0 Å². The molecular formula is C15H12BrF2NO2. The maximum atomic E-state index is 13.4. The number of carbonyl (C=O) groups excluding carboxylic acids is 1. The van der Waals surface area contributed by atoms with Crippen molar-refractivity contribution >= 4 is 27.6 Å². The maximum Gasteiger partial charge on any atom is 0.333 e. The van der Waals surface area contributed by atoms with Crippen LogP contribution in [0.4, 0.5) is 14.5 Å². The summed E-state index contributed by atoms with van der Waals surface area (Å²) in [6.45, 7) is 0. The van der Waals surface area contributed by atoms with E-state index in [9.17, 15) is 13.6 Å². The summed E-state index contributed by atoms with van der Waals surface area (Å²) >= 11 is 3.28. The standard InChI is InChI=1S/C15H12BrF2NO2/c1-21-15(20)14(12-8-10(18)4-7-13(12)16)19-11-5-2-9(17)3-6-11/h2-8,14,19H,1H3. The Hall–Kier alpha value is -1.95. The molecular weight excluding hydrogens is 344 g/mol. The zero-order valence-electron chi connectivity index (χ0n) is 11.1. The first kappa shape index (κ1) is 15.4. The van der Waals surface area contributed by atoms with Gasteiger partial charge in [-0.05, 0) is 42.5 Å². The lowest BCUT2D eigenvalue weighted by atomic mass is 10.1. The lowest BCUT2D eigenvalue weighted by molar-refractivity contribution is -0.141. The van der Waals surface area contributed by atoms with E-state index in [4.69, 9.17) is 4.74 Å². The summed E-state index contributed by atoms with van der Waals surface area (Å²) in [5.74, 6) is -1.43. The minimum absolute atomic E-state index is 0.387. The Morgan fingerprint density at radius 3 is 2.38 bits per heavy atom. The molecule has 0 amide bonds. The molecule has 6 heteroatoms. The summed E-state index contributed by atoms with van der Waals surface area (Å²) in [5, 5.41) is 2.90. The summed E-state index contributed by atoms with van der Waals surface area (Å²) in [6, 6.07) is 8.60. The minimum atomic E-state index is -0.912. The Bertz CT molecular complexity index is 647. The van der Waals surface area contributed by atoms with Crippen molar-refractivity contribution in [3.8, 4) is 0 Å². The molecule has 0 radical (unpaired) electrons. The van der Waals surface area contributed by atoms with Gasteiger partial charge < -0.3 is 10.1 Å². The average molecular weight is 356 g/mol. The molecule has 0 heterocycles. The number of nitrogens with one attached hydrogen (secondary N) is 1. The normalized spacial score (nSPS) is 11.8. The third-order valence-electron chi connectivity index (χ3n) is 2.86. The molecule has 0 bridgehead atoms. The van der Waals surface area contributed by atoms with Gasteiger partial charge in [-0.15, -0.1) is 0 Å². The zero-order valence-corrected chi connectivity index (χ0v) is 12.7. The van der Waals surface area contributed by atoms with Crippen molar-refractivity contribution in [1.82, 2.24) is 0 Å². The molecule has 1 unspecified atom stereocenters. The van der Waals surface area contributed by atoms with E-state index in [0.717, 1.165) is 0 Å². The van der Waals surface area contributed by atoms with Gasteiger partial charge in [0.05, 0.1) is 7.11 Å². The first-order valence-corrected chi connectivity index (χ1v) is 6.85. The third kappa shape index (κ3) is 3.78. The van der Waals surface area contributed by atoms with Crippen molar-refractivity contribution in [1.29, 1.82) is 0 Å². The molecule has 110 valence electrons. The lowest BCUT2D eigenvalue weighted by Crippen LogP contribution is -2.23. The topological polar surface area (TPSA) is 38.3 Å². The van der Waals surface area contributed by atoms with E-state index >= 15 is 0 Å². The van der Waals surface area contributed by atoms with Crippen LogP contribution < -0.4 is 5.32 Å². The zero-order chi connectivity index (χ0) is 15.4. The van der Waals surface area contributed by atoms with Gasteiger partial charge in [0.15, 0.2) is 6.04 Å². The van der Waals surface area contributed by atoms with E-state index < -0.39 is 17.8 Å². The van der Waals surface area contributed by atoms with E-state index in [2.05, 4.69) is 21.2 Å². The molecule has 0 spiro atoms. The Kier molecular flexibility index (Phi) is 4.90. The number of hydrogen-bond donors (Lipinski definition) is 1. The summed E-state index contributed by atoms with van der Waals surface area (Å²) in [6.07, 6.45) is 0. The predicted octanol–water partition coefficient (Wildman–Crippen LogP) is 4.05. The third-order valence-corrected chi connectivity index (χ3v) is 3.58. The molecule has 3 nitrogen and oxygen atoms in total. The Morgan fingerprint density at radius 2 is 1.76 bits per heavy atom. The lowest BCUT2D eigenvalue weighted by Gasteiger charge is -2.19. The number of methoxy groups -OCH3 is 1. The van der Waals surface area contributed by atoms with Crippen LogP contribution in [0.2, 0.25) is 0 Å². The Morgan fingerprint density at radius 1 is 1.14 bits per heavy atom. The molecule has 0 fully saturated rings. The highest BCUT2D eigenvalue weighted by atomic mass is 79.9. The number of benzene rings is 2. The predicted molar refractivity (Wildman–Crippen MR) is 78.9 cm³/mol. The van der Waals surface area contributed by atoms with Crippen molar-refractivity contribution in [2.24, 2.45) is 0 Å². The average Bonchev–Trinajstić information content (AvgIpc) is 2.48. The van der Waals surface area contributed by atoms with Crippen LogP contribution in [0.3, 0.4) is 0 Å². The molecule has 0 aliphatic heterocycles. The van der Waals surface area contributed by atoms with Crippen molar-refractivity contribution in [2.45, 2.75) is 6.04 Å². The SMILES string of the molecule is COC(=O)C(Nc1ccc(F)cc1)c1cc(F)ccc1Br. The number of ether oxygens (including phenoxy) is 1. The second-order valence-electron chi connectivity index (χ2n) is 4.27. The number of esters is 1. The maximum absolute atomic E-state index is 13.4. The van der Waals surface area contributed by atoms with Crippen molar-refractivity contribution in [3.63, 3.8) is 0 Å². The van der Waals surface area contributed by atoms with Crippen molar-refractivity contribution < 1.29 is 18.3 Å². The highest BCUT2D eigenvalue weighted by molar-refractivity contribution is 9.10. The quantitative estimate of drug-likeness (QED) is 0.840. The number of carbonyl (C=O) groups is 1. The van der Waals surface area contributed by atoms with Gasteiger partial charge in [0, 0.05) is 15.7 Å². The second kappa shape index (κ2) is 6.67. The molecule has 2 aromatic carbocycles. The number of hydrogen-bond acceptors (Lipinski definition) is 3. The van der Waals surface area contributed by atoms with Crippen LogP contribution in [0.25, 0.3) is 0 Å². The minimum Gasteiger partial charge on any atom is -0.467 e. The molecule has 0 aromatic heterocycles. The largest absolute Gasteiger partial charge is 0.467 e. The van der Waals surface area contributed by atoms with Gasteiger partial charge >= 0.3 is 5.97 Å². The fourth-order valence-electron chi connectivity index (χ4n) is 1.83. The highest BCUT2D eigenvalue weighted by Gasteiger charge is 2.24. The fraction of sp³-hybridized carbons (Fsp3) is 0.133. The van der Waals surface area contributed by atoms with Crippen LogP contribution in [0, 0.1) is 11.6 Å². The van der Waals surface area contributed by atoms with E-state index in [0.29, 0.717) is 15.7 Å². The Labute approximate surface area is 129 Å². The Balaban J connectivity index is 2.36. The van der Waals surface area contributed by atoms with Crippen LogP contribution in [0.15, 0.2) is 46.9 Å². The molecule has 0 saturated carbocycles. The second-order valence-corrected chi connectivity index (χ2v) is 5.13. The summed E-state index contributed by atoms with van der Waals surface area (Å²) in [5.41, 5.74) is 0.911.